The molecule has 1 aliphatic heterocycles. The Bertz CT molecular complexity index is 1310. The van der Waals surface area contributed by atoms with Crippen molar-refractivity contribution < 1.29 is 4.79 Å². The van der Waals surface area contributed by atoms with Gasteiger partial charge in [0.2, 0.25) is 0 Å². The minimum Gasteiger partial charge on any atom is -0.336 e. The highest BCUT2D eigenvalue weighted by atomic mass is 35.5. The first kappa shape index (κ1) is 27.1. The molecule has 0 spiro atoms. The molecule has 1 unspecified atom stereocenters. The monoisotopic (exact) mass is 528 g/mol. The fourth-order valence-electron chi connectivity index (χ4n) is 4.55. The lowest BCUT2D eigenvalue weighted by Gasteiger charge is -2.32. The van der Waals surface area contributed by atoms with Crippen molar-refractivity contribution in [1.82, 2.24) is 19.8 Å². The summed E-state index contributed by atoms with van der Waals surface area (Å²) in [5.41, 5.74) is 5.82. The Morgan fingerprint density at radius 1 is 1.00 bits per heavy atom. The van der Waals surface area contributed by atoms with Crippen LogP contribution in [-0.2, 0) is 0 Å². The van der Waals surface area contributed by atoms with E-state index < -0.39 is 0 Å². The Hall–Kier alpha value is -2.51. The van der Waals surface area contributed by atoms with Gasteiger partial charge in [0.05, 0.1) is 16.1 Å². The molecule has 2 aromatic carbocycles. The van der Waals surface area contributed by atoms with Gasteiger partial charge in [-0.2, -0.15) is 0 Å². The van der Waals surface area contributed by atoms with E-state index in [1.54, 1.807) is 18.0 Å². The molecule has 1 N–H and O–H groups in total. The molecule has 1 saturated heterocycles. The van der Waals surface area contributed by atoms with Gasteiger partial charge in [-0.25, -0.2) is 0 Å². The summed E-state index contributed by atoms with van der Waals surface area (Å²) in [6.45, 7) is 8.57. The van der Waals surface area contributed by atoms with Crippen LogP contribution in [-0.4, -0.2) is 46.0 Å². The molecule has 1 fully saturated rings. The van der Waals surface area contributed by atoms with Crippen molar-refractivity contribution in [2.24, 2.45) is 0 Å². The number of hydrogen-bond donors (Lipinski definition) is 1. The molecular weight excluding hydrogens is 499 g/mol. The number of hydrogen-bond acceptors (Lipinski definition) is 4. The van der Waals surface area contributed by atoms with Gasteiger partial charge in [-0.1, -0.05) is 48.2 Å². The Labute approximate surface area is 223 Å². The van der Waals surface area contributed by atoms with Crippen molar-refractivity contribution in [2.45, 2.75) is 36.7 Å². The molecule has 184 valence electrons. The summed E-state index contributed by atoms with van der Waals surface area (Å²) in [4.78, 5) is 21.9. The maximum Gasteiger partial charge on any atom is 0.258 e. The summed E-state index contributed by atoms with van der Waals surface area (Å²) in [5, 5.41) is 4.36. The molecule has 4 aromatic rings. The Kier molecular flexibility index (Phi) is 8.89. The molecule has 35 heavy (non-hydrogen) atoms. The average Bonchev–Trinajstić information content (AvgIpc) is 3.15. The molecule has 1 aliphatic rings. The zero-order valence-corrected chi connectivity index (χ0v) is 22.5. The maximum absolute atomic E-state index is 14.0. The molecule has 8 heteroatoms. The number of piperazine rings is 1. The second-order valence-corrected chi connectivity index (χ2v) is 9.65. The number of carbonyl (C=O) groups excluding carboxylic acids is 1. The lowest BCUT2D eigenvalue weighted by molar-refractivity contribution is 0.0707. The van der Waals surface area contributed by atoms with Gasteiger partial charge < -0.3 is 14.8 Å². The van der Waals surface area contributed by atoms with Crippen LogP contribution in [0.1, 0.15) is 28.4 Å². The van der Waals surface area contributed by atoms with E-state index in [-0.39, 0.29) is 36.8 Å². The van der Waals surface area contributed by atoms with Crippen molar-refractivity contribution in [3.8, 4) is 5.69 Å². The van der Waals surface area contributed by atoms with Crippen LogP contribution in [0.4, 0.5) is 0 Å². The Balaban J connectivity index is 0.00000171. The first-order chi connectivity index (χ1) is 16.0. The van der Waals surface area contributed by atoms with E-state index in [4.69, 9.17) is 4.98 Å². The molecule has 5 rings (SSSR count). The minimum atomic E-state index is 0. The highest BCUT2D eigenvalue weighted by Crippen LogP contribution is 2.41. The molecule has 2 aromatic heterocycles. The van der Waals surface area contributed by atoms with E-state index in [2.05, 4.69) is 67.1 Å². The van der Waals surface area contributed by atoms with Crippen LogP contribution in [0.3, 0.4) is 0 Å². The summed E-state index contributed by atoms with van der Waals surface area (Å²) >= 11 is 1.67. The predicted octanol–water partition coefficient (Wildman–Crippen LogP) is 6.07. The lowest BCUT2D eigenvalue weighted by Crippen LogP contribution is -2.51. The van der Waals surface area contributed by atoms with Gasteiger partial charge in [0.1, 0.15) is 5.52 Å². The summed E-state index contributed by atoms with van der Waals surface area (Å²) in [6, 6.07) is 20.9. The van der Waals surface area contributed by atoms with Crippen molar-refractivity contribution in [2.75, 3.05) is 19.6 Å². The zero-order valence-electron chi connectivity index (χ0n) is 20.0. The van der Waals surface area contributed by atoms with Crippen LogP contribution < -0.4 is 5.32 Å². The van der Waals surface area contributed by atoms with Crippen LogP contribution >= 0.6 is 36.6 Å². The third kappa shape index (κ3) is 5.21. The largest absolute Gasteiger partial charge is 0.336 e. The topological polar surface area (TPSA) is 50.2 Å². The van der Waals surface area contributed by atoms with E-state index >= 15 is 0 Å². The number of halogens is 2. The van der Waals surface area contributed by atoms with Gasteiger partial charge in [-0.15, -0.1) is 24.8 Å². The van der Waals surface area contributed by atoms with E-state index in [1.807, 2.05) is 29.2 Å². The number of nitrogens with zero attached hydrogens (tertiary/aromatic N) is 3. The summed E-state index contributed by atoms with van der Waals surface area (Å²) in [5.74, 6) is 0.0514. The van der Waals surface area contributed by atoms with E-state index in [9.17, 15) is 4.79 Å². The third-order valence-electron chi connectivity index (χ3n) is 6.17. The van der Waals surface area contributed by atoms with Crippen molar-refractivity contribution in [3.63, 3.8) is 0 Å². The molecule has 1 amide bonds. The number of nitrogens with one attached hydrogen (secondary N) is 1. The summed E-state index contributed by atoms with van der Waals surface area (Å²) < 4.78 is 2.19. The highest BCUT2D eigenvalue weighted by molar-refractivity contribution is 7.99. The standard InChI is InChI=1S/C27H28N4OS.2ClH/c1-18-9-7-10-19(2)25(18)33-27-23(26(32)30-16-15-28-20(3)17-30)24-22(13-8-14-29-24)31(27)21-11-5-4-6-12-21;;/h4-14,20,28H,15-17H2,1-3H3;2*1H. The molecule has 0 aliphatic carbocycles. The number of aryl methyl sites for hydroxylation is 2. The van der Waals surface area contributed by atoms with Crippen LogP contribution in [0.5, 0.6) is 0 Å². The molecule has 0 saturated carbocycles. The number of rotatable bonds is 4. The van der Waals surface area contributed by atoms with Gasteiger partial charge in [-0.3, -0.25) is 9.78 Å². The van der Waals surface area contributed by atoms with Gasteiger partial charge >= 0.3 is 0 Å². The fourth-order valence-corrected chi connectivity index (χ4v) is 5.78. The number of pyridine rings is 1. The maximum atomic E-state index is 14.0. The van der Waals surface area contributed by atoms with Crippen molar-refractivity contribution >= 4 is 53.5 Å². The van der Waals surface area contributed by atoms with E-state index in [1.165, 1.54) is 16.0 Å². The molecule has 1 atom stereocenters. The second-order valence-electron chi connectivity index (χ2n) is 8.65. The lowest BCUT2D eigenvalue weighted by atomic mass is 10.2. The second kappa shape index (κ2) is 11.5. The van der Waals surface area contributed by atoms with Crippen molar-refractivity contribution in [1.29, 1.82) is 0 Å². The SMILES string of the molecule is Cc1cccc(C)c1Sc1c(C(=O)N2CCNC(C)C2)c2ncccc2n1-c1ccccc1.Cl.Cl. The van der Waals surface area contributed by atoms with Crippen LogP contribution in [0.2, 0.25) is 0 Å². The van der Waals surface area contributed by atoms with Gasteiger partial charge in [-0.05, 0) is 56.2 Å². The zero-order chi connectivity index (χ0) is 22.9. The van der Waals surface area contributed by atoms with E-state index in [0.29, 0.717) is 18.7 Å². The third-order valence-corrected chi connectivity index (χ3v) is 7.60. The molecule has 3 heterocycles. The van der Waals surface area contributed by atoms with Gasteiger partial charge in [0.25, 0.3) is 5.91 Å². The molecule has 0 bridgehead atoms. The Morgan fingerprint density at radius 3 is 2.40 bits per heavy atom. The highest BCUT2D eigenvalue weighted by Gasteiger charge is 2.30. The normalized spacial score (nSPS) is 15.4. The van der Waals surface area contributed by atoms with Gasteiger partial charge in [0, 0.05) is 42.5 Å². The van der Waals surface area contributed by atoms with Gasteiger partial charge in [0.15, 0.2) is 0 Å². The molecule has 5 nitrogen and oxygen atoms in total. The minimum absolute atomic E-state index is 0. The number of para-hydroxylation sites is 1. The van der Waals surface area contributed by atoms with E-state index in [0.717, 1.165) is 28.3 Å². The van der Waals surface area contributed by atoms with Crippen molar-refractivity contribution in [3.05, 3.63) is 83.6 Å². The number of aromatic nitrogens is 2. The fraction of sp³-hybridized carbons (Fsp3) is 0.259. The average molecular weight is 530 g/mol. The first-order valence-electron chi connectivity index (χ1n) is 11.4. The first-order valence-corrected chi connectivity index (χ1v) is 12.2. The predicted molar refractivity (Wildman–Crippen MR) is 149 cm³/mol. The number of benzene rings is 2. The number of fused-ring (bicyclic) bond motifs is 1. The summed E-state index contributed by atoms with van der Waals surface area (Å²) in [7, 11) is 0. The Morgan fingerprint density at radius 2 is 1.71 bits per heavy atom. The number of carbonyl (C=O) groups is 1. The molecule has 0 radical (unpaired) electrons. The smallest absolute Gasteiger partial charge is 0.258 e. The van der Waals surface area contributed by atoms with Crippen LogP contribution in [0.15, 0.2) is 76.8 Å². The van der Waals surface area contributed by atoms with Crippen LogP contribution in [0.25, 0.3) is 16.7 Å². The molecular formula is C27H30Cl2N4OS. The van der Waals surface area contributed by atoms with Crippen LogP contribution in [0, 0.1) is 13.8 Å². The number of amides is 1. The summed E-state index contributed by atoms with van der Waals surface area (Å²) in [6.07, 6.45) is 1.78. The quantitative estimate of drug-likeness (QED) is 0.349.